The molecule has 2 aromatic rings. The van der Waals surface area contributed by atoms with Gasteiger partial charge in [0.15, 0.2) is 0 Å². The molecule has 140 valence electrons. The maximum absolute atomic E-state index is 2.51. The third kappa shape index (κ3) is 2.77. The van der Waals surface area contributed by atoms with Gasteiger partial charge < -0.3 is 9.41 Å². The summed E-state index contributed by atoms with van der Waals surface area (Å²) in [6.07, 6.45) is 5.02. The fraction of sp³-hybridized carbons (Fsp3) is 0.333. The molecule has 0 saturated carbocycles. The summed E-state index contributed by atoms with van der Waals surface area (Å²) in [4.78, 5) is 0. The summed E-state index contributed by atoms with van der Waals surface area (Å²) in [7, 11) is 0. The number of halogens is 2. The zero-order valence-electron chi connectivity index (χ0n) is 16.4. The molecule has 0 nitrogen and oxygen atoms in total. The number of rotatable bonds is 2. The Balaban J connectivity index is 0.00000105. The van der Waals surface area contributed by atoms with E-state index in [0.717, 1.165) is 7.25 Å². The van der Waals surface area contributed by atoms with Gasteiger partial charge in [-0.2, -0.15) is 0 Å². The molecule has 3 aliphatic rings. The molecular weight excluding hydrogens is 417 g/mol. The minimum absolute atomic E-state index is 0. The zero-order chi connectivity index (χ0) is 17.3. The number of hydrogen-bond acceptors (Lipinski definition) is 0. The average Bonchev–Trinajstić information content (AvgIpc) is 3.15. The van der Waals surface area contributed by atoms with Gasteiger partial charge in [-0.25, -0.2) is 0 Å². The molecule has 0 amide bonds. The molecular formula is C24H26F2Zr. The SMILES string of the molecule is CC1=Cc2c(C)cccc2[CH]1[Zr+2]1([CH]2C(C)=Cc3c(C)cccc32)[CH2][CH2]1.[F-].[F-]. The van der Waals surface area contributed by atoms with Crippen molar-refractivity contribution in [1.29, 1.82) is 0 Å². The summed E-state index contributed by atoms with van der Waals surface area (Å²) < 4.78 is 4.70. The van der Waals surface area contributed by atoms with Gasteiger partial charge >= 0.3 is 157 Å². The number of hydrogen-bond donors (Lipinski definition) is 0. The van der Waals surface area contributed by atoms with E-state index in [9.17, 15) is 0 Å². The molecule has 27 heavy (non-hydrogen) atoms. The Morgan fingerprint density at radius 3 is 1.44 bits per heavy atom. The fourth-order valence-electron chi connectivity index (χ4n) is 5.83. The van der Waals surface area contributed by atoms with Crippen LogP contribution in [-0.2, 0) is 20.3 Å². The van der Waals surface area contributed by atoms with E-state index >= 15 is 0 Å². The molecule has 2 aromatic carbocycles. The van der Waals surface area contributed by atoms with Crippen LogP contribution in [-0.4, -0.2) is 0 Å². The van der Waals surface area contributed by atoms with Crippen LogP contribution in [0.25, 0.3) is 12.2 Å². The zero-order valence-corrected chi connectivity index (χ0v) is 18.9. The van der Waals surface area contributed by atoms with Crippen molar-refractivity contribution in [3.8, 4) is 0 Å². The first-order chi connectivity index (χ1) is 12.0. The molecule has 5 rings (SSSR count). The van der Waals surface area contributed by atoms with Gasteiger partial charge in [-0.3, -0.25) is 0 Å². The van der Waals surface area contributed by atoms with Crippen molar-refractivity contribution in [2.45, 2.75) is 43.2 Å². The summed E-state index contributed by atoms with van der Waals surface area (Å²) in [5.41, 5.74) is 12.6. The van der Waals surface area contributed by atoms with Crippen molar-refractivity contribution >= 4 is 12.2 Å². The molecule has 0 aromatic heterocycles. The van der Waals surface area contributed by atoms with Crippen LogP contribution in [0.2, 0.25) is 8.26 Å². The Morgan fingerprint density at radius 2 is 1.07 bits per heavy atom. The number of aryl methyl sites for hydroxylation is 2. The van der Waals surface area contributed by atoms with Crippen LogP contribution in [0.15, 0.2) is 47.5 Å². The quantitative estimate of drug-likeness (QED) is 0.648. The molecule has 1 aliphatic heterocycles. The van der Waals surface area contributed by atoms with Crippen molar-refractivity contribution in [1.82, 2.24) is 0 Å². The molecule has 0 spiro atoms. The van der Waals surface area contributed by atoms with E-state index in [-0.39, 0.29) is 9.41 Å². The summed E-state index contributed by atoms with van der Waals surface area (Å²) >= 11 is -2.31. The maximum atomic E-state index is 2.51. The van der Waals surface area contributed by atoms with Crippen LogP contribution in [0.4, 0.5) is 0 Å². The topological polar surface area (TPSA) is 0 Å². The Morgan fingerprint density at radius 1 is 0.667 bits per heavy atom. The third-order valence-electron chi connectivity index (χ3n) is 6.97. The van der Waals surface area contributed by atoms with Crippen LogP contribution in [0, 0.1) is 13.8 Å². The fourth-order valence-corrected chi connectivity index (χ4v) is 23.5. The summed E-state index contributed by atoms with van der Waals surface area (Å²) in [6.45, 7) is 9.37. The van der Waals surface area contributed by atoms with E-state index in [1.165, 1.54) is 22.3 Å². The summed E-state index contributed by atoms with van der Waals surface area (Å²) in [5.74, 6) is 0. The van der Waals surface area contributed by atoms with Crippen LogP contribution < -0.4 is 9.41 Å². The van der Waals surface area contributed by atoms with E-state index < -0.39 is 20.3 Å². The Hall–Kier alpha value is -1.34. The normalized spacial score (nSPS) is 22.2. The molecule has 0 bridgehead atoms. The summed E-state index contributed by atoms with van der Waals surface area (Å²) in [5, 5.41) is 0. The van der Waals surface area contributed by atoms with Gasteiger partial charge in [-0.15, -0.1) is 0 Å². The van der Waals surface area contributed by atoms with Gasteiger partial charge in [-0.05, 0) is 0 Å². The predicted octanol–water partition coefficient (Wildman–Crippen LogP) is 0.932. The molecule has 2 unspecified atom stereocenters. The minimum atomic E-state index is -2.31. The van der Waals surface area contributed by atoms with Gasteiger partial charge in [-0.1, -0.05) is 0 Å². The van der Waals surface area contributed by atoms with Gasteiger partial charge in [0.1, 0.15) is 0 Å². The Kier molecular flexibility index (Phi) is 5.23. The Bertz CT molecular complexity index is 891. The first-order valence-electron chi connectivity index (χ1n) is 9.58. The molecule has 2 aliphatic carbocycles. The minimum Gasteiger partial charge on any atom is -1.00 e. The number of fused-ring (bicyclic) bond motifs is 2. The maximum Gasteiger partial charge on any atom is -1.00 e. The first kappa shape index (κ1) is 20.4. The van der Waals surface area contributed by atoms with Gasteiger partial charge in [0.05, 0.1) is 0 Å². The van der Waals surface area contributed by atoms with Crippen molar-refractivity contribution < 1.29 is 29.7 Å². The standard InChI is InChI=1S/2C11H11.C2H4.2FH.Zr/c2*1-8-6-10-5-3-4-9(2)11(10)7-8;1-2;;;/h2*3-7H,1-2H3;1-2H2;2*1H;/q;;;;;+2/p-2. The van der Waals surface area contributed by atoms with Crippen LogP contribution in [0.5, 0.6) is 0 Å². The van der Waals surface area contributed by atoms with Crippen LogP contribution >= 0.6 is 0 Å². The monoisotopic (exact) mass is 442 g/mol. The van der Waals surface area contributed by atoms with E-state index in [0.29, 0.717) is 0 Å². The molecule has 1 fully saturated rings. The van der Waals surface area contributed by atoms with Gasteiger partial charge in [0.2, 0.25) is 0 Å². The average molecular weight is 444 g/mol. The van der Waals surface area contributed by atoms with Crippen molar-refractivity contribution in [2.75, 3.05) is 0 Å². The molecule has 0 radical (unpaired) electrons. The summed E-state index contributed by atoms with van der Waals surface area (Å²) in [6, 6.07) is 14.0. The van der Waals surface area contributed by atoms with Crippen LogP contribution in [0.1, 0.15) is 54.5 Å². The van der Waals surface area contributed by atoms with E-state index in [4.69, 9.17) is 0 Å². The van der Waals surface area contributed by atoms with Crippen molar-refractivity contribution in [2.24, 2.45) is 0 Å². The predicted molar refractivity (Wildman–Crippen MR) is 105 cm³/mol. The second kappa shape index (κ2) is 6.92. The van der Waals surface area contributed by atoms with E-state index in [1.807, 2.05) is 0 Å². The molecule has 1 saturated heterocycles. The van der Waals surface area contributed by atoms with E-state index in [2.05, 4.69) is 76.2 Å². The molecule has 1 heterocycles. The van der Waals surface area contributed by atoms with Crippen molar-refractivity contribution in [3.05, 3.63) is 80.9 Å². The number of benzene rings is 2. The molecule has 3 heteroatoms. The smallest absolute Gasteiger partial charge is 1.00 e. The Labute approximate surface area is 165 Å². The molecule has 2 atom stereocenters. The number of allylic oxidation sites excluding steroid dienone is 2. The third-order valence-corrected chi connectivity index (χ3v) is 20.5. The van der Waals surface area contributed by atoms with Gasteiger partial charge in [0.25, 0.3) is 0 Å². The van der Waals surface area contributed by atoms with Crippen LogP contribution in [0.3, 0.4) is 0 Å². The largest absolute Gasteiger partial charge is 1.00 e. The molecule has 0 N–H and O–H groups in total. The second-order valence-corrected chi connectivity index (χ2v) is 19.9. The van der Waals surface area contributed by atoms with Gasteiger partial charge in [0, 0.05) is 0 Å². The second-order valence-electron chi connectivity index (χ2n) is 8.53. The van der Waals surface area contributed by atoms with E-state index in [1.54, 1.807) is 30.5 Å². The van der Waals surface area contributed by atoms with Crippen molar-refractivity contribution in [3.63, 3.8) is 0 Å². The first-order valence-corrected chi connectivity index (χ1v) is 15.9.